The fourth-order valence-electron chi connectivity index (χ4n) is 1.71. The van der Waals surface area contributed by atoms with Crippen LogP contribution in [0.25, 0.3) is 11.0 Å². The van der Waals surface area contributed by atoms with E-state index in [1.807, 2.05) is 32.2 Å². The number of furan rings is 1. The highest BCUT2D eigenvalue weighted by Gasteiger charge is 2.11. The van der Waals surface area contributed by atoms with Crippen molar-refractivity contribution in [2.45, 2.75) is 13.5 Å². The number of aryl methyl sites for hydroxylation is 1. The molecule has 1 aromatic carbocycles. The number of rotatable bonds is 2. The standard InChI is InChI=1S/C11H14N2O/c1-7-10(6-13-2)14-9-5-3-4-8(12)11(7)9/h3-5,13H,6,12H2,1-2H3. The highest BCUT2D eigenvalue weighted by molar-refractivity contribution is 5.92. The van der Waals surface area contributed by atoms with Crippen LogP contribution in [0.1, 0.15) is 11.3 Å². The maximum Gasteiger partial charge on any atom is 0.136 e. The quantitative estimate of drug-likeness (QED) is 0.712. The summed E-state index contributed by atoms with van der Waals surface area (Å²) in [5.74, 6) is 0.959. The van der Waals surface area contributed by atoms with E-state index in [2.05, 4.69) is 5.32 Å². The van der Waals surface area contributed by atoms with Gasteiger partial charge in [0, 0.05) is 16.6 Å². The van der Waals surface area contributed by atoms with Crippen LogP contribution >= 0.6 is 0 Å². The molecule has 1 heterocycles. The van der Waals surface area contributed by atoms with Crippen LogP contribution in [0.15, 0.2) is 22.6 Å². The molecule has 0 aliphatic carbocycles. The van der Waals surface area contributed by atoms with Gasteiger partial charge in [-0.2, -0.15) is 0 Å². The number of nitrogens with one attached hydrogen (secondary N) is 1. The minimum Gasteiger partial charge on any atom is -0.459 e. The molecule has 0 aliphatic heterocycles. The largest absolute Gasteiger partial charge is 0.459 e. The van der Waals surface area contributed by atoms with Crippen LogP contribution in [0.4, 0.5) is 5.69 Å². The molecule has 0 bridgehead atoms. The van der Waals surface area contributed by atoms with Crippen molar-refractivity contribution < 1.29 is 4.42 Å². The normalized spacial score (nSPS) is 11.0. The Morgan fingerprint density at radius 1 is 1.43 bits per heavy atom. The number of fused-ring (bicyclic) bond motifs is 1. The maximum atomic E-state index is 5.89. The molecule has 3 N–H and O–H groups in total. The molecule has 0 unspecified atom stereocenters. The lowest BCUT2D eigenvalue weighted by Gasteiger charge is -1.96. The zero-order chi connectivity index (χ0) is 10.1. The average molecular weight is 190 g/mol. The Morgan fingerprint density at radius 2 is 2.21 bits per heavy atom. The van der Waals surface area contributed by atoms with E-state index < -0.39 is 0 Å². The summed E-state index contributed by atoms with van der Waals surface area (Å²) in [5, 5.41) is 4.11. The first-order valence-electron chi connectivity index (χ1n) is 4.65. The third kappa shape index (κ3) is 1.26. The molecule has 0 fully saturated rings. The minimum atomic E-state index is 0.736. The van der Waals surface area contributed by atoms with Crippen LogP contribution in [-0.4, -0.2) is 7.05 Å². The summed E-state index contributed by atoms with van der Waals surface area (Å²) in [6, 6.07) is 5.75. The van der Waals surface area contributed by atoms with Gasteiger partial charge in [0.2, 0.25) is 0 Å². The predicted molar refractivity (Wildman–Crippen MR) is 58.1 cm³/mol. The minimum absolute atomic E-state index is 0.736. The van der Waals surface area contributed by atoms with Crippen LogP contribution in [0.3, 0.4) is 0 Å². The number of nitrogen functional groups attached to an aromatic ring is 1. The van der Waals surface area contributed by atoms with Gasteiger partial charge in [0.05, 0.1) is 6.54 Å². The molecule has 3 heteroatoms. The number of benzene rings is 1. The topological polar surface area (TPSA) is 51.2 Å². The third-order valence-electron chi connectivity index (χ3n) is 2.42. The highest BCUT2D eigenvalue weighted by atomic mass is 16.3. The lowest BCUT2D eigenvalue weighted by Crippen LogP contribution is -2.04. The van der Waals surface area contributed by atoms with Gasteiger partial charge in [0.1, 0.15) is 11.3 Å². The summed E-state index contributed by atoms with van der Waals surface area (Å²) in [6.45, 7) is 2.77. The second kappa shape index (κ2) is 3.35. The Kier molecular flexibility index (Phi) is 2.17. The van der Waals surface area contributed by atoms with E-state index in [9.17, 15) is 0 Å². The van der Waals surface area contributed by atoms with E-state index in [-0.39, 0.29) is 0 Å². The number of hydrogen-bond acceptors (Lipinski definition) is 3. The van der Waals surface area contributed by atoms with Crippen molar-refractivity contribution in [3.05, 3.63) is 29.5 Å². The van der Waals surface area contributed by atoms with Crippen molar-refractivity contribution in [2.24, 2.45) is 0 Å². The Hall–Kier alpha value is -1.48. The average Bonchev–Trinajstić information content (AvgIpc) is 2.46. The van der Waals surface area contributed by atoms with Crippen molar-refractivity contribution in [1.82, 2.24) is 5.32 Å². The molecule has 0 saturated carbocycles. The Bertz CT molecular complexity index is 460. The van der Waals surface area contributed by atoms with Crippen molar-refractivity contribution in [3.63, 3.8) is 0 Å². The van der Waals surface area contributed by atoms with E-state index in [1.165, 1.54) is 0 Å². The summed E-state index contributed by atoms with van der Waals surface area (Å²) >= 11 is 0. The van der Waals surface area contributed by atoms with E-state index in [4.69, 9.17) is 10.2 Å². The van der Waals surface area contributed by atoms with Gasteiger partial charge in [0.15, 0.2) is 0 Å². The Labute approximate surface area is 82.9 Å². The molecular weight excluding hydrogens is 176 g/mol. The molecule has 1 aromatic heterocycles. The van der Waals surface area contributed by atoms with Crippen LogP contribution in [-0.2, 0) is 6.54 Å². The maximum absolute atomic E-state index is 5.89. The van der Waals surface area contributed by atoms with Gasteiger partial charge in [0.25, 0.3) is 0 Å². The molecular formula is C11H14N2O. The predicted octanol–water partition coefficient (Wildman–Crippen LogP) is 2.04. The van der Waals surface area contributed by atoms with Gasteiger partial charge >= 0.3 is 0 Å². The SMILES string of the molecule is CNCc1oc2cccc(N)c2c1C. The third-order valence-corrected chi connectivity index (χ3v) is 2.42. The van der Waals surface area contributed by atoms with Crippen molar-refractivity contribution in [2.75, 3.05) is 12.8 Å². The smallest absolute Gasteiger partial charge is 0.136 e. The van der Waals surface area contributed by atoms with Crippen LogP contribution in [0.2, 0.25) is 0 Å². The number of nitrogens with two attached hydrogens (primary N) is 1. The molecule has 0 saturated heterocycles. The van der Waals surface area contributed by atoms with Crippen molar-refractivity contribution in [3.8, 4) is 0 Å². The fourth-order valence-corrected chi connectivity index (χ4v) is 1.71. The second-order valence-electron chi connectivity index (χ2n) is 3.40. The van der Waals surface area contributed by atoms with Gasteiger partial charge < -0.3 is 15.5 Å². The van der Waals surface area contributed by atoms with Gasteiger partial charge in [-0.25, -0.2) is 0 Å². The zero-order valence-electron chi connectivity index (χ0n) is 8.42. The molecule has 74 valence electrons. The molecule has 0 radical (unpaired) electrons. The fraction of sp³-hybridized carbons (Fsp3) is 0.273. The van der Waals surface area contributed by atoms with Gasteiger partial charge in [-0.1, -0.05) is 6.07 Å². The molecule has 0 amide bonds. The monoisotopic (exact) mass is 190 g/mol. The van der Waals surface area contributed by atoms with Gasteiger partial charge in [-0.3, -0.25) is 0 Å². The highest BCUT2D eigenvalue weighted by Crippen LogP contribution is 2.29. The molecule has 3 nitrogen and oxygen atoms in total. The number of anilines is 1. The van der Waals surface area contributed by atoms with Crippen LogP contribution in [0.5, 0.6) is 0 Å². The van der Waals surface area contributed by atoms with Crippen molar-refractivity contribution >= 4 is 16.7 Å². The summed E-state index contributed by atoms with van der Waals surface area (Å²) in [6.07, 6.45) is 0. The molecule has 14 heavy (non-hydrogen) atoms. The lowest BCUT2D eigenvalue weighted by molar-refractivity contribution is 0.527. The molecule has 0 aliphatic rings. The van der Waals surface area contributed by atoms with E-state index >= 15 is 0 Å². The van der Waals surface area contributed by atoms with Gasteiger partial charge in [-0.05, 0) is 26.1 Å². The molecule has 0 spiro atoms. The second-order valence-corrected chi connectivity index (χ2v) is 3.40. The van der Waals surface area contributed by atoms with Gasteiger partial charge in [-0.15, -0.1) is 0 Å². The first-order chi connectivity index (χ1) is 6.74. The molecule has 2 aromatic rings. The molecule has 0 atom stereocenters. The first-order valence-corrected chi connectivity index (χ1v) is 4.65. The van der Waals surface area contributed by atoms with Crippen molar-refractivity contribution in [1.29, 1.82) is 0 Å². The summed E-state index contributed by atoms with van der Waals surface area (Å²) in [5.41, 5.74) is 8.67. The lowest BCUT2D eigenvalue weighted by atomic mass is 10.1. The summed E-state index contributed by atoms with van der Waals surface area (Å²) in [7, 11) is 1.90. The van der Waals surface area contributed by atoms with Crippen LogP contribution < -0.4 is 11.1 Å². The van der Waals surface area contributed by atoms with Crippen LogP contribution in [0, 0.1) is 6.92 Å². The zero-order valence-corrected chi connectivity index (χ0v) is 8.42. The van der Waals surface area contributed by atoms with E-state index in [0.717, 1.165) is 34.5 Å². The summed E-state index contributed by atoms with van der Waals surface area (Å²) in [4.78, 5) is 0. The Morgan fingerprint density at radius 3 is 2.86 bits per heavy atom. The molecule has 2 rings (SSSR count). The Balaban J connectivity index is 2.68. The first kappa shape index (κ1) is 9.09. The summed E-state index contributed by atoms with van der Waals surface area (Å²) < 4.78 is 5.68. The number of hydrogen-bond donors (Lipinski definition) is 2. The van der Waals surface area contributed by atoms with E-state index in [0.29, 0.717) is 0 Å². The van der Waals surface area contributed by atoms with E-state index in [1.54, 1.807) is 0 Å².